The summed E-state index contributed by atoms with van der Waals surface area (Å²) in [6, 6.07) is 11.3. The Morgan fingerprint density at radius 1 is 1.16 bits per heavy atom. The molecular formula is C24H27N5O3. The van der Waals surface area contributed by atoms with E-state index in [4.69, 9.17) is 4.74 Å². The monoisotopic (exact) mass is 433 g/mol. The second kappa shape index (κ2) is 9.64. The second-order valence-electron chi connectivity index (χ2n) is 7.63. The van der Waals surface area contributed by atoms with Crippen LogP contribution in [0, 0.1) is 0 Å². The van der Waals surface area contributed by atoms with Gasteiger partial charge in [0, 0.05) is 42.5 Å². The highest BCUT2D eigenvalue weighted by atomic mass is 16.6. The molecule has 1 N–H and O–H groups in total. The third-order valence-electron chi connectivity index (χ3n) is 5.38. The average Bonchev–Trinajstić information content (AvgIpc) is 3.22. The predicted octanol–water partition coefficient (Wildman–Crippen LogP) is 4.70. The number of carbonyl (C=O) groups is 2. The summed E-state index contributed by atoms with van der Waals surface area (Å²) in [6.07, 6.45) is 5.74. The zero-order chi connectivity index (χ0) is 22.5. The summed E-state index contributed by atoms with van der Waals surface area (Å²) in [4.78, 5) is 30.3. The van der Waals surface area contributed by atoms with Crippen LogP contribution >= 0.6 is 0 Å². The molecule has 1 aliphatic rings. The molecule has 2 aromatic heterocycles. The van der Waals surface area contributed by atoms with E-state index in [0.717, 1.165) is 35.3 Å². The van der Waals surface area contributed by atoms with E-state index in [1.807, 2.05) is 55.6 Å². The Labute approximate surface area is 186 Å². The van der Waals surface area contributed by atoms with Gasteiger partial charge in [-0.1, -0.05) is 13.0 Å². The maximum atomic E-state index is 12.0. The lowest BCUT2D eigenvalue weighted by atomic mass is 10.0. The van der Waals surface area contributed by atoms with Crippen molar-refractivity contribution in [3.8, 4) is 0 Å². The van der Waals surface area contributed by atoms with E-state index in [-0.39, 0.29) is 11.9 Å². The van der Waals surface area contributed by atoms with Crippen LogP contribution in [0.4, 0.5) is 16.4 Å². The number of nitrogens with zero attached hydrogens (tertiary/aromatic N) is 4. The van der Waals surface area contributed by atoms with Crippen molar-refractivity contribution in [1.29, 1.82) is 0 Å². The molecule has 1 aromatic carbocycles. The molecular weight excluding hydrogens is 406 g/mol. The number of hydrogen-bond donors (Lipinski definition) is 1. The third kappa shape index (κ3) is 4.64. The van der Waals surface area contributed by atoms with Crippen molar-refractivity contribution in [2.45, 2.75) is 33.1 Å². The van der Waals surface area contributed by atoms with Crippen LogP contribution in [0.3, 0.4) is 0 Å². The number of fused-ring (bicyclic) bond motifs is 1. The lowest BCUT2D eigenvalue weighted by molar-refractivity contribution is 0.0981. The van der Waals surface area contributed by atoms with Crippen molar-refractivity contribution >= 4 is 34.7 Å². The molecule has 166 valence electrons. The van der Waals surface area contributed by atoms with Crippen molar-refractivity contribution in [3.05, 3.63) is 59.8 Å². The van der Waals surface area contributed by atoms with Gasteiger partial charge in [-0.2, -0.15) is 4.98 Å². The fraction of sp³-hybridized carbons (Fsp3) is 0.333. The predicted molar refractivity (Wildman–Crippen MR) is 123 cm³/mol. The van der Waals surface area contributed by atoms with Gasteiger partial charge in [0.25, 0.3) is 0 Å². The molecule has 0 fully saturated rings. The van der Waals surface area contributed by atoms with Gasteiger partial charge in [0.2, 0.25) is 5.95 Å². The quantitative estimate of drug-likeness (QED) is 0.543. The molecule has 8 nitrogen and oxygen atoms in total. The number of ether oxygens (including phenoxy) is 1. The first-order valence-corrected chi connectivity index (χ1v) is 11.0. The standard InChI is InChI=1S/C24H27N5O3/c1-3-6-21(30)18-8-10-19(11-9-18)25-23-26-22-20(7-5-14-29(22)27-23)17-12-15-28(16-13-17)24(31)32-4-2/h5,7-12,14H,3-4,6,13,15-16H2,1-2H3,(H,25,27). The number of amides is 1. The smallest absolute Gasteiger partial charge is 0.410 e. The number of Topliss-reactive ketones (excluding diaryl/α,β-unsaturated/α-hetero) is 1. The van der Waals surface area contributed by atoms with E-state index < -0.39 is 0 Å². The number of rotatable bonds is 7. The Hall–Kier alpha value is -3.68. The Balaban J connectivity index is 1.51. The average molecular weight is 434 g/mol. The zero-order valence-electron chi connectivity index (χ0n) is 18.4. The number of hydrogen-bond acceptors (Lipinski definition) is 6. The summed E-state index contributed by atoms with van der Waals surface area (Å²) in [5.74, 6) is 0.631. The van der Waals surface area contributed by atoms with Crippen molar-refractivity contribution in [2.75, 3.05) is 25.0 Å². The van der Waals surface area contributed by atoms with E-state index in [1.54, 1.807) is 16.3 Å². The largest absolute Gasteiger partial charge is 0.450 e. The van der Waals surface area contributed by atoms with Gasteiger partial charge in [0.05, 0.1) is 6.61 Å². The molecule has 0 saturated carbocycles. The van der Waals surface area contributed by atoms with Crippen LogP contribution in [-0.2, 0) is 4.74 Å². The molecule has 4 rings (SSSR count). The van der Waals surface area contributed by atoms with Gasteiger partial charge in [0.15, 0.2) is 11.4 Å². The van der Waals surface area contributed by atoms with Gasteiger partial charge in [0.1, 0.15) is 0 Å². The first-order chi connectivity index (χ1) is 15.6. The normalized spacial score (nSPS) is 13.7. The maximum Gasteiger partial charge on any atom is 0.410 e. The minimum atomic E-state index is -0.280. The van der Waals surface area contributed by atoms with Crippen molar-refractivity contribution < 1.29 is 14.3 Å². The van der Waals surface area contributed by atoms with Crippen LogP contribution in [0.25, 0.3) is 11.2 Å². The number of nitrogens with one attached hydrogen (secondary N) is 1. The van der Waals surface area contributed by atoms with E-state index in [1.165, 1.54) is 0 Å². The highest BCUT2D eigenvalue weighted by Gasteiger charge is 2.20. The van der Waals surface area contributed by atoms with Gasteiger partial charge >= 0.3 is 6.09 Å². The molecule has 0 saturated heterocycles. The number of pyridine rings is 1. The van der Waals surface area contributed by atoms with Crippen LogP contribution in [-0.4, -0.2) is 51.1 Å². The van der Waals surface area contributed by atoms with Gasteiger partial charge in [-0.05, 0) is 61.7 Å². The summed E-state index contributed by atoms with van der Waals surface area (Å²) >= 11 is 0. The molecule has 0 bridgehead atoms. The molecule has 0 atom stereocenters. The van der Waals surface area contributed by atoms with Crippen LogP contribution in [0.5, 0.6) is 0 Å². The first kappa shape index (κ1) is 21.5. The first-order valence-electron chi connectivity index (χ1n) is 11.0. The molecule has 1 amide bonds. The van der Waals surface area contributed by atoms with Gasteiger partial charge < -0.3 is 15.0 Å². The molecule has 8 heteroatoms. The summed E-state index contributed by atoms with van der Waals surface area (Å²) < 4.78 is 6.83. The Kier molecular flexibility index (Phi) is 6.49. The summed E-state index contributed by atoms with van der Waals surface area (Å²) in [5, 5.41) is 7.75. The summed E-state index contributed by atoms with van der Waals surface area (Å²) in [7, 11) is 0. The van der Waals surface area contributed by atoms with E-state index >= 15 is 0 Å². The van der Waals surface area contributed by atoms with Crippen molar-refractivity contribution in [3.63, 3.8) is 0 Å². The lowest BCUT2D eigenvalue weighted by Crippen LogP contribution is -2.35. The maximum absolute atomic E-state index is 12.0. The highest BCUT2D eigenvalue weighted by Crippen LogP contribution is 2.26. The van der Waals surface area contributed by atoms with E-state index in [0.29, 0.717) is 37.6 Å². The number of carbonyl (C=O) groups excluding carboxylic acids is 2. The number of benzene rings is 1. The molecule has 0 radical (unpaired) electrons. The van der Waals surface area contributed by atoms with Gasteiger partial charge in [-0.25, -0.2) is 9.31 Å². The fourth-order valence-electron chi connectivity index (χ4n) is 3.74. The van der Waals surface area contributed by atoms with E-state index in [2.05, 4.69) is 15.4 Å². The lowest BCUT2D eigenvalue weighted by Gasteiger charge is -2.25. The Morgan fingerprint density at radius 2 is 1.97 bits per heavy atom. The second-order valence-corrected chi connectivity index (χ2v) is 7.63. The number of anilines is 2. The Morgan fingerprint density at radius 3 is 2.66 bits per heavy atom. The highest BCUT2D eigenvalue weighted by molar-refractivity contribution is 5.96. The van der Waals surface area contributed by atoms with Crippen molar-refractivity contribution in [2.24, 2.45) is 0 Å². The molecule has 0 unspecified atom stereocenters. The third-order valence-corrected chi connectivity index (χ3v) is 5.38. The zero-order valence-corrected chi connectivity index (χ0v) is 18.4. The topological polar surface area (TPSA) is 88.8 Å². The molecule has 3 aromatic rings. The van der Waals surface area contributed by atoms with Gasteiger partial charge in [-0.3, -0.25) is 4.79 Å². The van der Waals surface area contributed by atoms with Crippen molar-refractivity contribution in [1.82, 2.24) is 19.5 Å². The SMILES string of the molecule is CCCC(=O)c1ccc(Nc2nc3c(C4=CCN(C(=O)OCC)CC4)cccn3n2)cc1. The molecule has 1 aliphatic heterocycles. The number of aromatic nitrogens is 3. The fourth-order valence-corrected chi connectivity index (χ4v) is 3.74. The molecule has 32 heavy (non-hydrogen) atoms. The summed E-state index contributed by atoms with van der Waals surface area (Å²) in [6.45, 7) is 5.29. The Bertz CT molecular complexity index is 1150. The van der Waals surface area contributed by atoms with Crippen LogP contribution in [0.1, 0.15) is 49.0 Å². The van der Waals surface area contributed by atoms with Crippen LogP contribution in [0.2, 0.25) is 0 Å². The van der Waals surface area contributed by atoms with E-state index in [9.17, 15) is 9.59 Å². The van der Waals surface area contributed by atoms with Crippen LogP contribution in [0.15, 0.2) is 48.7 Å². The van der Waals surface area contributed by atoms with Gasteiger partial charge in [-0.15, -0.1) is 5.10 Å². The summed E-state index contributed by atoms with van der Waals surface area (Å²) in [5.41, 5.74) is 4.41. The van der Waals surface area contributed by atoms with Crippen LogP contribution < -0.4 is 5.32 Å². The minimum absolute atomic E-state index is 0.150. The molecule has 0 spiro atoms. The molecule has 3 heterocycles. The molecule has 0 aliphatic carbocycles. The minimum Gasteiger partial charge on any atom is -0.450 e. The number of ketones is 1.